The molecular weight excluding hydrogens is 352 g/mol. The minimum atomic E-state index is -0.668. The summed E-state index contributed by atoms with van der Waals surface area (Å²) in [4.78, 5) is 29.5. The largest absolute Gasteiger partial charge is 0.347 e. The number of fused-ring (bicyclic) bond motifs is 2. The van der Waals surface area contributed by atoms with Crippen LogP contribution in [0, 0.1) is 11.6 Å². The molecule has 0 aliphatic rings. The summed E-state index contributed by atoms with van der Waals surface area (Å²) in [6.45, 7) is 0. The summed E-state index contributed by atoms with van der Waals surface area (Å²) in [6.07, 6.45) is 2.76. The third kappa shape index (κ3) is 2.83. The Balaban J connectivity index is 1.82. The van der Waals surface area contributed by atoms with Crippen molar-refractivity contribution < 1.29 is 13.6 Å². The second-order valence-electron chi connectivity index (χ2n) is 6.09. The Morgan fingerprint density at radius 2 is 1.93 bits per heavy atom. The molecule has 7 heteroatoms. The molecule has 0 fully saturated rings. The van der Waals surface area contributed by atoms with Crippen molar-refractivity contribution in [1.29, 1.82) is 0 Å². The van der Waals surface area contributed by atoms with Gasteiger partial charge in [-0.1, -0.05) is 6.07 Å². The minimum Gasteiger partial charge on any atom is -0.347 e. The molecule has 0 spiro atoms. The minimum absolute atomic E-state index is 0.107. The van der Waals surface area contributed by atoms with Crippen LogP contribution in [0.5, 0.6) is 0 Å². The molecule has 0 atom stereocenters. The third-order valence-corrected chi connectivity index (χ3v) is 4.35. The van der Waals surface area contributed by atoms with Crippen molar-refractivity contribution in [2.45, 2.75) is 0 Å². The van der Waals surface area contributed by atoms with E-state index >= 15 is 0 Å². The summed E-state index contributed by atoms with van der Waals surface area (Å²) in [7, 11) is 1.55. The second kappa shape index (κ2) is 6.28. The van der Waals surface area contributed by atoms with E-state index in [0.717, 1.165) is 0 Å². The van der Waals surface area contributed by atoms with E-state index in [4.69, 9.17) is 0 Å². The van der Waals surface area contributed by atoms with Gasteiger partial charge in [-0.2, -0.15) is 0 Å². The highest BCUT2D eigenvalue weighted by Crippen LogP contribution is 2.23. The van der Waals surface area contributed by atoms with Crippen molar-refractivity contribution in [3.05, 3.63) is 82.3 Å². The molecule has 134 valence electrons. The van der Waals surface area contributed by atoms with Gasteiger partial charge in [-0.3, -0.25) is 14.6 Å². The van der Waals surface area contributed by atoms with Gasteiger partial charge < -0.3 is 9.88 Å². The van der Waals surface area contributed by atoms with E-state index in [1.807, 2.05) is 0 Å². The molecule has 4 rings (SSSR count). The first-order valence-electron chi connectivity index (χ1n) is 8.09. The van der Waals surface area contributed by atoms with Crippen LogP contribution in [-0.4, -0.2) is 15.5 Å². The van der Waals surface area contributed by atoms with Crippen LogP contribution in [0.2, 0.25) is 0 Å². The maximum atomic E-state index is 14.0. The number of amides is 1. The lowest BCUT2D eigenvalue weighted by Gasteiger charge is -2.11. The number of hydrogen-bond donors (Lipinski definition) is 1. The van der Waals surface area contributed by atoms with Gasteiger partial charge in [-0.05, 0) is 36.4 Å². The Bertz CT molecular complexity index is 1280. The van der Waals surface area contributed by atoms with Crippen molar-refractivity contribution in [1.82, 2.24) is 9.55 Å². The lowest BCUT2D eigenvalue weighted by molar-refractivity contribution is 0.102. The maximum Gasteiger partial charge on any atom is 0.261 e. The number of pyridine rings is 2. The highest BCUT2D eigenvalue weighted by molar-refractivity contribution is 6.09. The third-order valence-electron chi connectivity index (χ3n) is 4.35. The molecule has 0 aliphatic heterocycles. The Kier molecular flexibility index (Phi) is 3.92. The van der Waals surface area contributed by atoms with E-state index < -0.39 is 23.0 Å². The summed E-state index contributed by atoms with van der Waals surface area (Å²) < 4.78 is 29.0. The molecule has 0 aliphatic carbocycles. The van der Waals surface area contributed by atoms with Gasteiger partial charge in [0, 0.05) is 30.2 Å². The van der Waals surface area contributed by atoms with Crippen LogP contribution in [0.25, 0.3) is 21.8 Å². The van der Waals surface area contributed by atoms with Gasteiger partial charge in [0.05, 0.1) is 16.7 Å². The van der Waals surface area contributed by atoms with E-state index in [1.54, 1.807) is 7.05 Å². The molecule has 2 heterocycles. The molecule has 0 bridgehead atoms. The van der Waals surface area contributed by atoms with Crippen LogP contribution < -0.4 is 10.7 Å². The topological polar surface area (TPSA) is 64.0 Å². The average molecular weight is 365 g/mol. The summed E-state index contributed by atoms with van der Waals surface area (Å²) in [5.74, 6) is -1.68. The fourth-order valence-corrected chi connectivity index (χ4v) is 3.10. The van der Waals surface area contributed by atoms with Crippen molar-refractivity contribution in [2.75, 3.05) is 5.32 Å². The molecule has 0 saturated carbocycles. The molecule has 0 radical (unpaired) electrons. The van der Waals surface area contributed by atoms with Gasteiger partial charge in [0.15, 0.2) is 0 Å². The van der Waals surface area contributed by atoms with Crippen LogP contribution in [0.1, 0.15) is 10.4 Å². The van der Waals surface area contributed by atoms with Crippen LogP contribution in [-0.2, 0) is 7.05 Å². The number of nitrogens with zero attached hydrogens (tertiary/aromatic N) is 2. The predicted octanol–water partition coefficient (Wildman–Crippen LogP) is 3.62. The van der Waals surface area contributed by atoms with Gasteiger partial charge in [-0.25, -0.2) is 8.78 Å². The van der Waals surface area contributed by atoms with E-state index in [1.165, 1.54) is 59.4 Å². The normalized spacial score (nSPS) is 11.1. The fraction of sp³-hybridized carbons (Fsp3) is 0.0500. The van der Waals surface area contributed by atoms with Gasteiger partial charge in [0.2, 0.25) is 5.43 Å². The SMILES string of the molecule is Cn1cc(C(=O)Nc2ccnc3ccc(F)cc23)c(=O)c2cccc(F)c21. The number of carbonyl (C=O) groups is 1. The molecule has 27 heavy (non-hydrogen) atoms. The smallest absolute Gasteiger partial charge is 0.261 e. The van der Waals surface area contributed by atoms with Crippen LogP contribution in [0.4, 0.5) is 14.5 Å². The number of benzene rings is 2. The Morgan fingerprint density at radius 3 is 2.74 bits per heavy atom. The summed E-state index contributed by atoms with van der Waals surface area (Å²) in [6, 6.07) is 9.68. The summed E-state index contributed by atoms with van der Waals surface area (Å²) in [5, 5.41) is 3.14. The van der Waals surface area contributed by atoms with Gasteiger partial charge in [0.25, 0.3) is 5.91 Å². The number of halogens is 2. The fourth-order valence-electron chi connectivity index (χ4n) is 3.10. The van der Waals surface area contributed by atoms with Crippen LogP contribution >= 0.6 is 0 Å². The van der Waals surface area contributed by atoms with Gasteiger partial charge >= 0.3 is 0 Å². The molecule has 5 nitrogen and oxygen atoms in total. The van der Waals surface area contributed by atoms with Crippen molar-refractivity contribution >= 4 is 33.4 Å². The zero-order valence-corrected chi connectivity index (χ0v) is 14.2. The highest BCUT2D eigenvalue weighted by atomic mass is 19.1. The van der Waals surface area contributed by atoms with Crippen LogP contribution in [0.3, 0.4) is 0 Å². The number of aromatic nitrogens is 2. The first-order valence-corrected chi connectivity index (χ1v) is 8.09. The van der Waals surface area contributed by atoms with Crippen LogP contribution in [0.15, 0.2) is 59.7 Å². The number of aryl methyl sites for hydroxylation is 1. The van der Waals surface area contributed by atoms with Gasteiger partial charge in [-0.15, -0.1) is 0 Å². The number of nitrogens with one attached hydrogen (secondary N) is 1. The van der Waals surface area contributed by atoms with Crippen molar-refractivity contribution in [3.8, 4) is 0 Å². The zero-order valence-electron chi connectivity index (χ0n) is 14.2. The zero-order chi connectivity index (χ0) is 19.1. The van der Waals surface area contributed by atoms with E-state index in [9.17, 15) is 18.4 Å². The standard InChI is InChI=1S/C20H13F2N3O2/c1-25-10-14(19(26)12-3-2-4-15(22)18(12)25)20(27)24-17-7-8-23-16-6-5-11(21)9-13(16)17/h2-10H,1H3,(H,23,24,27). The average Bonchev–Trinajstić information content (AvgIpc) is 2.65. The Labute approximate surface area is 151 Å². The Morgan fingerprint density at radius 1 is 1.11 bits per heavy atom. The first kappa shape index (κ1) is 16.8. The first-order chi connectivity index (χ1) is 13.0. The van der Waals surface area contributed by atoms with Crippen molar-refractivity contribution in [2.24, 2.45) is 7.05 Å². The molecule has 4 aromatic rings. The number of hydrogen-bond acceptors (Lipinski definition) is 3. The summed E-state index contributed by atoms with van der Waals surface area (Å²) >= 11 is 0. The maximum absolute atomic E-state index is 14.0. The lowest BCUT2D eigenvalue weighted by atomic mass is 10.1. The molecule has 0 saturated heterocycles. The monoisotopic (exact) mass is 365 g/mol. The van der Waals surface area contributed by atoms with E-state index in [0.29, 0.717) is 16.6 Å². The molecule has 2 aromatic heterocycles. The molecule has 0 unspecified atom stereocenters. The predicted molar refractivity (Wildman–Crippen MR) is 98.8 cm³/mol. The van der Waals surface area contributed by atoms with E-state index in [-0.39, 0.29) is 16.5 Å². The number of rotatable bonds is 2. The molecule has 2 aromatic carbocycles. The summed E-state index contributed by atoms with van der Waals surface area (Å²) in [5.41, 5.74) is 0.227. The van der Waals surface area contributed by atoms with Crippen molar-refractivity contribution in [3.63, 3.8) is 0 Å². The molecule has 1 N–H and O–H groups in total. The Hall–Kier alpha value is -3.61. The highest BCUT2D eigenvalue weighted by Gasteiger charge is 2.17. The number of carbonyl (C=O) groups excluding carboxylic acids is 1. The molecule has 1 amide bonds. The van der Waals surface area contributed by atoms with E-state index in [2.05, 4.69) is 10.3 Å². The number of anilines is 1. The quantitative estimate of drug-likeness (QED) is 0.590. The molecular formula is C20H13F2N3O2. The lowest BCUT2D eigenvalue weighted by Crippen LogP contribution is -2.23. The van der Waals surface area contributed by atoms with Gasteiger partial charge in [0.1, 0.15) is 17.2 Å². The second-order valence-corrected chi connectivity index (χ2v) is 6.09. The number of para-hydroxylation sites is 1.